The van der Waals surface area contributed by atoms with Crippen LogP contribution in [0.1, 0.15) is 29.2 Å². The van der Waals surface area contributed by atoms with Crippen LogP contribution in [0.2, 0.25) is 5.02 Å². The Morgan fingerprint density at radius 2 is 2.29 bits per heavy atom. The lowest BCUT2D eigenvalue weighted by Gasteiger charge is -2.02. The first-order chi connectivity index (χ1) is 8.08. The second-order valence-corrected chi connectivity index (χ2v) is 5.19. The standard InChI is InChI=1S/C12H12ClFN2S/c1-7(15)10-6-17-11(16-10)5-8-3-2-4-9(13)12(8)14/h2-4,6-7H,5,15H2,1H3. The van der Waals surface area contributed by atoms with Gasteiger partial charge in [-0.2, -0.15) is 0 Å². The van der Waals surface area contributed by atoms with Crippen molar-refractivity contribution in [1.29, 1.82) is 0 Å². The van der Waals surface area contributed by atoms with Crippen LogP contribution in [0.4, 0.5) is 4.39 Å². The van der Waals surface area contributed by atoms with Crippen LogP contribution in [-0.2, 0) is 6.42 Å². The molecule has 0 amide bonds. The zero-order chi connectivity index (χ0) is 12.4. The van der Waals surface area contributed by atoms with Gasteiger partial charge in [0.25, 0.3) is 0 Å². The van der Waals surface area contributed by atoms with Crippen molar-refractivity contribution in [1.82, 2.24) is 4.98 Å². The number of hydrogen-bond donors (Lipinski definition) is 1. The minimum absolute atomic E-state index is 0.0933. The zero-order valence-electron chi connectivity index (χ0n) is 9.28. The molecule has 0 spiro atoms. The van der Waals surface area contributed by atoms with Crippen LogP contribution < -0.4 is 5.73 Å². The number of nitrogens with two attached hydrogens (primary N) is 1. The molecule has 1 heterocycles. The van der Waals surface area contributed by atoms with Crippen molar-refractivity contribution in [2.75, 3.05) is 0 Å². The van der Waals surface area contributed by atoms with E-state index in [0.717, 1.165) is 10.7 Å². The Morgan fingerprint density at radius 3 is 2.94 bits per heavy atom. The van der Waals surface area contributed by atoms with Crippen molar-refractivity contribution in [3.8, 4) is 0 Å². The number of hydrogen-bond acceptors (Lipinski definition) is 3. The third-order valence-corrected chi connectivity index (χ3v) is 3.57. The molecular formula is C12H12ClFN2S. The molecule has 5 heteroatoms. The summed E-state index contributed by atoms with van der Waals surface area (Å²) < 4.78 is 13.7. The fraction of sp³-hybridized carbons (Fsp3) is 0.250. The van der Waals surface area contributed by atoms with Crippen molar-refractivity contribution in [3.63, 3.8) is 0 Å². The van der Waals surface area contributed by atoms with E-state index in [4.69, 9.17) is 17.3 Å². The van der Waals surface area contributed by atoms with Crippen LogP contribution in [0, 0.1) is 5.82 Å². The first kappa shape index (κ1) is 12.5. The summed E-state index contributed by atoms with van der Waals surface area (Å²) in [5.41, 5.74) is 7.12. The largest absolute Gasteiger partial charge is 0.323 e. The fourth-order valence-corrected chi connectivity index (χ4v) is 2.58. The van der Waals surface area contributed by atoms with E-state index in [-0.39, 0.29) is 16.9 Å². The summed E-state index contributed by atoms with van der Waals surface area (Å²) in [6.45, 7) is 1.87. The summed E-state index contributed by atoms with van der Waals surface area (Å²) >= 11 is 7.21. The Hall–Kier alpha value is -0.970. The molecule has 1 aromatic carbocycles. The van der Waals surface area contributed by atoms with Gasteiger partial charge in [0.2, 0.25) is 0 Å². The van der Waals surface area contributed by atoms with Crippen molar-refractivity contribution in [2.24, 2.45) is 5.73 Å². The molecule has 0 aliphatic carbocycles. The second kappa shape index (κ2) is 5.12. The molecule has 1 unspecified atom stereocenters. The molecule has 0 bridgehead atoms. The molecule has 90 valence electrons. The van der Waals surface area contributed by atoms with E-state index in [0.29, 0.717) is 12.0 Å². The Bertz CT molecular complexity index is 525. The monoisotopic (exact) mass is 270 g/mol. The normalized spacial score (nSPS) is 12.7. The number of nitrogens with zero attached hydrogens (tertiary/aromatic N) is 1. The van der Waals surface area contributed by atoms with E-state index in [1.54, 1.807) is 12.1 Å². The van der Waals surface area contributed by atoms with E-state index in [9.17, 15) is 4.39 Å². The maximum absolute atomic E-state index is 13.7. The van der Waals surface area contributed by atoms with Crippen molar-refractivity contribution in [3.05, 3.63) is 50.7 Å². The highest BCUT2D eigenvalue weighted by Crippen LogP contribution is 2.23. The van der Waals surface area contributed by atoms with Gasteiger partial charge in [-0.1, -0.05) is 23.7 Å². The van der Waals surface area contributed by atoms with Gasteiger partial charge in [0.1, 0.15) is 5.82 Å². The molecule has 17 heavy (non-hydrogen) atoms. The highest BCUT2D eigenvalue weighted by atomic mass is 35.5. The van der Waals surface area contributed by atoms with Crippen molar-refractivity contribution >= 4 is 22.9 Å². The fourth-order valence-electron chi connectivity index (χ4n) is 1.46. The number of thiazole rings is 1. The van der Waals surface area contributed by atoms with Gasteiger partial charge in [-0.15, -0.1) is 11.3 Å². The summed E-state index contributed by atoms with van der Waals surface area (Å²) in [5, 5.41) is 2.90. The van der Waals surface area contributed by atoms with Crippen LogP contribution in [0.5, 0.6) is 0 Å². The lowest BCUT2D eigenvalue weighted by Crippen LogP contribution is -2.05. The Morgan fingerprint density at radius 1 is 1.53 bits per heavy atom. The Balaban J connectivity index is 2.22. The van der Waals surface area contributed by atoms with Crippen LogP contribution in [0.25, 0.3) is 0 Å². The average Bonchev–Trinajstić information content (AvgIpc) is 2.73. The SMILES string of the molecule is CC(N)c1csc(Cc2cccc(Cl)c2F)n1. The predicted octanol–water partition coefficient (Wildman–Crippen LogP) is 3.55. The predicted molar refractivity (Wildman–Crippen MR) is 68.9 cm³/mol. The summed E-state index contributed by atoms with van der Waals surface area (Å²) in [5.74, 6) is -0.369. The topological polar surface area (TPSA) is 38.9 Å². The van der Waals surface area contributed by atoms with Gasteiger partial charge in [0.05, 0.1) is 15.7 Å². The number of rotatable bonds is 3. The van der Waals surface area contributed by atoms with Crippen LogP contribution in [0.15, 0.2) is 23.6 Å². The highest BCUT2D eigenvalue weighted by molar-refractivity contribution is 7.09. The second-order valence-electron chi connectivity index (χ2n) is 3.84. The lowest BCUT2D eigenvalue weighted by atomic mass is 10.1. The minimum Gasteiger partial charge on any atom is -0.323 e. The van der Waals surface area contributed by atoms with Crippen molar-refractivity contribution < 1.29 is 4.39 Å². The van der Waals surface area contributed by atoms with Crippen LogP contribution >= 0.6 is 22.9 Å². The smallest absolute Gasteiger partial charge is 0.145 e. The Kier molecular flexibility index (Phi) is 3.76. The third kappa shape index (κ3) is 2.83. The maximum Gasteiger partial charge on any atom is 0.145 e. The molecule has 0 fully saturated rings. The van der Waals surface area contributed by atoms with Gasteiger partial charge < -0.3 is 5.73 Å². The van der Waals surface area contributed by atoms with Gasteiger partial charge in [0.15, 0.2) is 0 Å². The van der Waals surface area contributed by atoms with E-state index >= 15 is 0 Å². The number of benzene rings is 1. The number of halogens is 2. The van der Waals surface area contributed by atoms with Crippen LogP contribution in [-0.4, -0.2) is 4.98 Å². The third-order valence-electron chi connectivity index (χ3n) is 2.41. The Labute approximate surface area is 108 Å². The maximum atomic E-state index is 13.7. The molecule has 0 saturated heterocycles. The highest BCUT2D eigenvalue weighted by Gasteiger charge is 2.10. The van der Waals surface area contributed by atoms with Crippen LogP contribution in [0.3, 0.4) is 0 Å². The molecule has 2 rings (SSSR count). The van der Waals surface area contributed by atoms with E-state index in [1.165, 1.54) is 17.4 Å². The average molecular weight is 271 g/mol. The van der Waals surface area contributed by atoms with Gasteiger partial charge >= 0.3 is 0 Å². The van der Waals surface area contributed by atoms with E-state index < -0.39 is 0 Å². The molecule has 1 atom stereocenters. The molecule has 2 nitrogen and oxygen atoms in total. The lowest BCUT2D eigenvalue weighted by molar-refractivity contribution is 0.614. The molecule has 1 aromatic heterocycles. The number of aromatic nitrogens is 1. The van der Waals surface area contributed by atoms with Gasteiger partial charge in [-0.05, 0) is 18.6 Å². The molecule has 0 saturated carbocycles. The molecule has 0 aliphatic heterocycles. The first-order valence-electron chi connectivity index (χ1n) is 5.20. The molecule has 2 aromatic rings. The molecular weight excluding hydrogens is 259 g/mol. The molecule has 0 aliphatic rings. The summed E-state index contributed by atoms with van der Waals surface area (Å²) in [4.78, 5) is 4.36. The zero-order valence-corrected chi connectivity index (χ0v) is 10.9. The summed E-state index contributed by atoms with van der Waals surface area (Å²) in [7, 11) is 0. The summed E-state index contributed by atoms with van der Waals surface area (Å²) in [6.07, 6.45) is 0.448. The molecule has 0 radical (unpaired) electrons. The van der Waals surface area contributed by atoms with E-state index in [1.807, 2.05) is 12.3 Å². The minimum atomic E-state index is -0.369. The quantitative estimate of drug-likeness (QED) is 0.926. The summed E-state index contributed by atoms with van der Waals surface area (Å²) in [6, 6.07) is 4.90. The first-order valence-corrected chi connectivity index (χ1v) is 6.46. The van der Waals surface area contributed by atoms with Gasteiger partial charge in [-0.3, -0.25) is 0 Å². The van der Waals surface area contributed by atoms with Gasteiger partial charge in [0, 0.05) is 17.8 Å². The van der Waals surface area contributed by atoms with Crippen molar-refractivity contribution in [2.45, 2.75) is 19.4 Å². The van der Waals surface area contributed by atoms with Gasteiger partial charge in [-0.25, -0.2) is 9.37 Å². The van der Waals surface area contributed by atoms with E-state index in [2.05, 4.69) is 4.98 Å². The molecule has 2 N–H and O–H groups in total.